The molecule has 0 unspecified atom stereocenters. The molecule has 0 saturated carbocycles. The van der Waals surface area contributed by atoms with Gasteiger partial charge in [-0.05, 0) is 38.5 Å². The average Bonchev–Trinajstić information content (AvgIpc) is 3.00. The van der Waals surface area contributed by atoms with Crippen LogP contribution in [0.25, 0.3) is 28.2 Å². The van der Waals surface area contributed by atoms with Gasteiger partial charge in [-0.3, -0.25) is 0 Å². The van der Waals surface area contributed by atoms with Crippen molar-refractivity contribution in [1.82, 2.24) is 9.78 Å². The molecular formula is C24H22N2O. The second kappa shape index (κ2) is 6.76. The number of rotatable bonds is 3. The zero-order chi connectivity index (χ0) is 19.0. The highest BCUT2D eigenvalue weighted by Gasteiger charge is 2.21. The number of hydrogen-bond acceptors (Lipinski definition) is 2. The summed E-state index contributed by atoms with van der Waals surface area (Å²) < 4.78 is 1.84. The monoisotopic (exact) mass is 354 g/mol. The van der Waals surface area contributed by atoms with Gasteiger partial charge in [-0.2, -0.15) is 5.10 Å². The van der Waals surface area contributed by atoms with E-state index in [2.05, 4.69) is 26.0 Å². The number of hydrogen-bond donors (Lipinski definition) is 1. The molecule has 1 aromatic heterocycles. The summed E-state index contributed by atoms with van der Waals surface area (Å²) in [5.74, 6) is 0.198. The molecule has 0 aliphatic carbocycles. The van der Waals surface area contributed by atoms with Gasteiger partial charge < -0.3 is 5.11 Å². The first kappa shape index (κ1) is 17.1. The van der Waals surface area contributed by atoms with Crippen LogP contribution in [0.2, 0.25) is 0 Å². The molecule has 0 aliphatic heterocycles. The fourth-order valence-electron chi connectivity index (χ4n) is 3.23. The van der Waals surface area contributed by atoms with Gasteiger partial charge in [-0.15, -0.1) is 0 Å². The third-order valence-corrected chi connectivity index (χ3v) is 4.76. The van der Waals surface area contributed by atoms with E-state index in [-0.39, 0.29) is 5.75 Å². The summed E-state index contributed by atoms with van der Waals surface area (Å²) in [6.07, 6.45) is 0. The largest absolute Gasteiger partial charge is 0.504 e. The molecule has 4 rings (SSSR count). The molecule has 0 spiro atoms. The van der Waals surface area contributed by atoms with Gasteiger partial charge in [0, 0.05) is 11.1 Å². The van der Waals surface area contributed by atoms with Gasteiger partial charge in [0.1, 0.15) is 11.4 Å². The molecule has 0 atom stereocenters. The Labute approximate surface area is 159 Å². The molecule has 0 bridgehead atoms. The van der Waals surface area contributed by atoms with E-state index in [0.717, 1.165) is 22.4 Å². The zero-order valence-electron chi connectivity index (χ0n) is 15.8. The Morgan fingerprint density at radius 3 is 1.89 bits per heavy atom. The first-order valence-corrected chi connectivity index (χ1v) is 9.06. The summed E-state index contributed by atoms with van der Waals surface area (Å²) in [7, 11) is 0. The fourth-order valence-corrected chi connectivity index (χ4v) is 3.23. The van der Waals surface area contributed by atoms with Crippen LogP contribution in [0, 0.1) is 20.8 Å². The van der Waals surface area contributed by atoms with E-state index >= 15 is 0 Å². The van der Waals surface area contributed by atoms with E-state index in [4.69, 9.17) is 5.10 Å². The van der Waals surface area contributed by atoms with Crippen molar-refractivity contribution in [1.29, 1.82) is 0 Å². The Bertz CT molecular complexity index is 1090. The number of aromatic nitrogens is 2. The van der Waals surface area contributed by atoms with Crippen molar-refractivity contribution in [2.24, 2.45) is 0 Å². The van der Waals surface area contributed by atoms with Crippen LogP contribution in [-0.2, 0) is 0 Å². The molecule has 0 fully saturated rings. The quantitative estimate of drug-likeness (QED) is 0.502. The van der Waals surface area contributed by atoms with Crippen molar-refractivity contribution in [2.75, 3.05) is 0 Å². The maximum atomic E-state index is 11.1. The highest BCUT2D eigenvalue weighted by Crippen LogP contribution is 2.39. The molecule has 0 saturated heterocycles. The van der Waals surface area contributed by atoms with Crippen LogP contribution >= 0.6 is 0 Å². The van der Waals surface area contributed by atoms with Crippen molar-refractivity contribution in [3.8, 4) is 34.0 Å². The third kappa shape index (κ3) is 3.24. The minimum atomic E-state index is 0.198. The maximum Gasteiger partial charge on any atom is 0.170 e. The summed E-state index contributed by atoms with van der Waals surface area (Å²) in [5.41, 5.74) is 7.56. The molecule has 27 heavy (non-hydrogen) atoms. The van der Waals surface area contributed by atoms with E-state index in [1.54, 1.807) is 0 Å². The molecule has 134 valence electrons. The highest BCUT2D eigenvalue weighted by atomic mass is 16.3. The van der Waals surface area contributed by atoms with Crippen molar-refractivity contribution in [3.63, 3.8) is 0 Å². The second-order valence-corrected chi connectivity index (χ2v) is 7.03. The lowest BCUT2D eigenvalue weighted by atomic mass is 10.1. The predicted octanol–water partition coefficient (Wildman–Crippen LogP) is 5.84. The van der Waals surface area contributed by atoms with Gasteiger partial charge in [0.15, 0.2) is 5.75 Å². The van der Waals surface area contributed by atoms with E-state index in [9.17, 15) is 5.11 Å². The Kier molecular flexibility index (Phi) is 4.28. The Morgan fingerprint density at radius 2 is 1.30 bits per heavy atom. The first-order valence-electron chi connectivity index (χ1n) is 9.06. The summed E-state index contributed by atoms with van der Waals surface area (Å²) >= 11 is 0. The molecule has 1 N–H and O–H groups in total. The highest BCUT2D eigenvalue weighted by molar-refractivity contribution is 5.79. The summed E-state index contributed by atoms with van der Waals surface area (Å²) in [4.78, 5) is 0. The van der Waals surface area contributed by atoms with Crippen LogP contribution in [0.4, 0.5) is 0 Å². The van der Waals surface area contributed by atoms with Gasteiger partial charge in [-0.1, -0.05) is 71.8 Å². The van der Waals surface area contributed by atoms with Crippen molar-refractivity contribution < 1.29 is 5.11 Å². The van der Waals surface area contributed by atoms with Gasteiger partial charge in [-0.25, -0.2) is 4.68 Å². The normalized spacial score (nSPS) is 10.9. The number of benzene rings is 3. The molecule has 3 nitrogen and oxygen atoms in total. The van der Waals surface area contributed by atoms with Crippen molar-refractivity contribution in [3.05, 3.63) is 89.5 Å². The number of nitrogens with zero attached hydrogens (tertiary/aromatic N) is 2. The molecule has 0 radical (unpaired) electrons. The lowest BCUT2D eigenvalue weighted by molar-refractivity contribution is 0.479. The van der Waals surface area contributed by atoms with Crippen LogP contribution in [0.5, 0.6) is 5.75 Å². The third-order valence-electron chi connectivity index (χ3n) is 4.76. The van der Waals surface area contributed by atoms with Crippen LogP contribution in [0.3, 0.4) is 0 Å². The van der Waals surface area contributed by atoms with E-state index < -0.39 is 0 Å². The van der Waals surface area contributed by atoms with E-state index in [1.807, 2.05) is 72.3 Å². The lowest BCUT2D eigenvalue weighted by Crippen LogP contribution is -1.99. The van der Waals surface area contributed by atoms with Crippen molar-refractivity contribution in [2.45, 2.75) is 20.8 Å². The Hall–Kier alpha value is -3.33. The van der Waals surface area contributed by atoms with Gasteiger partial charge in [0.05, 0.1) is 5.69 Å². The minimum absolute atomic E-state index is 0.198. The topological polar surface area (TPSA) is 38.0 Å². The lowest BCUT2D eigenvalue weighted by Gasteiger charge is -2.09. The van der Waals surface area contributed by atoms with E-state index in [0.29, 0.717) is 11.4 Å². The van der Waals surface area contributed by atoms with Gasteiger partial charge in [0.2, 0.25) is 0 Å². The van der Waals surface area contributed by atoms with Gasteiger partial charge >= 0.3 is 0 Å². The Morgan fingerprint density at radius 1 is 0.704 bits per heavy atom. The Balaban J connectivity index is 1.97. The average molecular weight is 354 g/mol. The molecule has 3 heteroatoms. The van der Waals surface area contributed by atoms with Gasteiger partial charge in [0.25, 0.3) is 0 Å². The SMILES string of the molecule is Cc1ccc(-c2nn(-c3cccc(C)c3)c(-c3ccc(C)cc3)c2O)cc1. The summed E-state index contributed by atoms with van der Waals surface area (Å²) in [6.45, 7) is 6.16. The molecule has 4 aromatic rings. The molecule has 3 aromatic carbocycles. The van der Waals surface area contributed by atoms with Crippen LogP contribution in [0.1, 0.15) is 16.7 Å². The molecule has 0 aliphatic rings. The van der Waals surface area contributed by atoms with Crippen LogP contribution in [-0.4, -0.2) is 14.9 Å². The standard InChI is InChI=1S/C24H22N2O/c1-16-7-11-19(12-8-16)22-24(27)23(20-13-9-17(2)10-14-20)26(25-22)21-6-4-5-18(3)15-21/h4-15,27H,1-3H3. The molecule has 0 amide bonds. The predicted molar refractivity (Wildman–Crippen MR) is 110 cm³/mol. The zero-order valence-corrected chi connectivity index (χ0v) is 15.8. The van der Waals surface area contributed by atoms with E-state index in [1.165, 1.54) is 11.1 Å². The number of aryl methyl sites for hydroxylation is 3. The molecular weight excluding hydrogens is 332 g/mol. The van der Waals surface area contributed by atoms with Crippen LogP contribution in [0.15, 0.2) is 72.8 Å². The molecule has 1 heterocycles. The maximum absolute atomic E-state index is 11.1. The number of aromatic hydroxyl groups is 1. The second-order valence-electron chi connectivity index (χ2n) is 7.03. The summed E-state index contributed by atoms with van der Waals surface area (Å²) in [5, 5.41) is 15.9. The van der Waals surface area contributed by atoms with Crippen LogP contribution < -0.4 is 0 Å². The minimum Gasteiger partial charge on any atom is -0.504 e. The summed E-state index contributed by atoms with van der Waals surface area (Å²) in [6, 6.07) is 24.4. The smallest absolute Gasteiger partial charge is 0.170 e. The first-order chi connectivity index (χ1) is 13.0. The van der Waals surface area contributed by atoms with Crippen molar-refractivity contribution >= 4 is 0 Å². The fraction of sp³-hybridized carbons (Fsp3) is 0.125.